The first-order valence-corrected chi connectivity index (χ1v) is 9.84. The van der Waals surface area contributed by atoms with E-state index in [1.165, 1.54) is 12.1 Å². The smallest absolute Gasteiger partial charge is 0.269 e. The number of nitro groups is 1. The SMILES string of the molecule is O=[N+]([O-])c1ccc(-c2nc3nc4ccccc4nc3n2-c2cccc(I)c2)cc1. The maximum atomic E-state index is 11.0. The van der Waals surface area contributed by atoms with Crippen molar-refractivity contribution in [3.8, 4) is 17.1 Å². The molecule has 2 heterocycles. The second-order valence-electron chi connectivity index (χ2n) is 6.41. The van der Waals surface area contributed by atoms with Crippen LogP contribution in [0.25, 0.3) is 39.4 Å². The molecule has 5 rings (SSSR count). The molecule has 8 heteroatoms. The molecule has 0 N–H and O–H groups in total. The van der Waals surface area contributed by atoms with Crippen LogP contribution in [0.5, 0.6) is 0 Å². The molecular weight excluding hydrogens is 481 g/mol. The van der Waals surface area contributed by atoms with Crippen molar-refractivity contribution in [2.75, 3.05) is 0 Å². The number of rotatable bonds is 3. The highest BCUT2D eigenvalue weighted by atomic mass is 127. The first-order chi connectivity index (χ1) is 14.1. The lowest BCUT2D eigenvalue weighted by atomic mass is 10.2. The molecule has 0 atom stereocenters. The lowest BCUT2D eigenvalue weighted by Crippen LogP contribution is -2.00. The minimum atomic E-state index is -0.415. The Morgan fingerprint density at radius 2 is 1.59 bits per heavy atom. The fraction of sp³-hybridized carbons (Fsp3) is 0. The molecule has 5 aromatic rings. The van der Waals surface area contributed by atoms with Gasteiger partial charge < -0.3 is 0 Å². The van der Waals surface area contributed by atoms with E-state index < -0.39 is 4.92 Å². The summed E-state index contributed by atoms with van der Waals surface area (Å²) < 4.78 is 3.02. The van der Waals surface area contributed by atoms with Crippen LogP contribution >= 0.6 is 22.6 Å². The van der Waals surface area contributed by atoms with E-state index in [2.05, 4.69) is 27.6 Å². The standard InChI is InChI=1S/C21H12IN5O2/c22-14-4-3-5-16(12-14)26-20(13-8-10-15(11-9-13)27(28)29)25-19-21(26)24-18-7-2-1-6-17(18)23-19/h1-12H. The molecule has 3 aromatic carbocycles. The maximum Gasteiger partial charge on any atom is 0.269 e. The van der Waals surface area contributed by atoms with Crippen LogP contribution in [0.1, 0.15) is 0 Å². The van der Waals surface area contributed by atoms with Crippen molar-refractivity contribution in [3.05, 3.63) is 86.5 Å². The summed E-state index contributed by atoms with van der Waals surface area (Å²) in [5.41, 5.74) is 4.39. The van der Waals surface area contributed by atoms with Crippen LogP contribution in [0, 0.1) is 13.7 Å². The number of halogens is 1. The van der Waals surface area contributed by atoms with Crippen LogP contribution in [-0.2, 0) is 0 Å². The number of hydrogen-bond acceptors (Lipinski definition) is 5. The number of imidazole rings is 1. The molecular formula is C21H12IN5O2. The van der Waals surface area contributed by atoms with Crippen LogP contribution in [0.15, 0.2) is 72.8 Å². The van der Waals surface area contributed by atoms with Gasteiger partial charge in [0.25, 0.3) is 5.69 Å². The highest BCUT2D eigenvalue weighted by Crippen LogP contribution is 2.29. The third-order valence-electron chi connectivity index (χ3n) is 4.57. The largest absolute Gasteiger partial charge is 0.275 e. The van der Waals surface area contributed by atoms with Gasteiger partial charge >= 0.3 is 0 Å². The Labute approximate surface area is 178 Å². The third-order valence-corrected chi connectivity index (χ3v) is 5.24. The predicted molar refractivity (Wildman–Crippen MR) is 119 cm³/mol. The summed E-state index contributed by atoms with van der Waals surface area (Å²) in [5.74, 6) is 0.632. The van der Waals surface area contributed by atoms with E-state index in [4.69, 9.17) is 9.97 Å². The highest BCUT2D eigenvalue weighted by Gasteiger charge is 2.18. The van der Waals surface area contributed by atoms with Crippen molar-refractivity contribution in [1.82, 2.24) is 19.5 Å². The van der Waals surface area contributed by atoms with Crippen LogP contribution in [0.3, 0.4) is 0 Å². The van der Waals surface area contributed by atoms with Gasteiger partial charge in [0.15, 0.2) is 11.3 Å². The average Bonchev–Trinajstić information content (AvgIpc) is 3.10. The van der Waals surface area contributed by atoms with Crippen molar-refractivity contribution in [2.24, 2.45) is 0 Å². The zero-order valence-corrected chi connectivity index (χ0v) is 17.0. The summed E-state index contributed by atoms with van der Waals surface area (Å²) in [6.45, 7) is 0. The van der Waals surface area contributed by atoms with Gasteiger partial charge in [0.2, 0.25) is 0 Å². The van der Waals surface area contributed by atoms with E-state index in [1.54, 1.807) is 12.1 Å². The number of non-ortho nitro benzene ring substituents is 1. The number of hydrogen-bond donors (Lipinski definition) is 0. The quantitative estimate of drug-likeness (QED) is 0.197. The van der Waals surface area contributed by atoms with E-state index in [-0.39, 0.29) is 5.69 Å². The molecule has 0 bridgehead atoms. The number of aromatic nitrogens is 4. The van der Waals surface area contributed by atoms with Crippen molar-refractivity contribution >= 4 is 50.6 Å². The van der Waals surface area contributed by atoms with Crippen molar-refractivity contribution < 1.29 is 4.92 Å². The lowest BCUT2D eigenvalue weighted by Gasteiger charge is -2.09. The van der Waals surface area contributed by atoms with Crippen LogP contribution < -0.4 is 0 Å². The molecule has 29 heavy (non-hydrogen) atoms. The normalized spacial score (nSPS) is 11.2. The first kappa shape index (κ1) is 17.7. The summed E-state index contributed by atoms with van der Waals surface area (Å²) in [4.78, 5) is 24.8. The van der Waals surface area contributed by atoms with Crippen LogP contribution in [-0.4, -0.2) is 24.4 Å². The maximum absolute atomic E-state index is 11.0. The van der Waals surface area contributed by atoms with Crippen molar-refractivity contribution in [2.45, 2.75) is 0 Å². The predicted octanol–water partition coefficient (Wildman–Crippen LogP) is 5.15. The number of fused-ring (bicyclic) bond motifs is 2. The van der Waals surface area contributed by atoms with E-state index in [0.29, 0.717) is 17.1 Å². The van der Waals surface area contributed by atoms with Crippen molar-refractivity contribution in [3.63, 3.8) is 0 Å². The van der Waals surface area contributed by atoms with E-state index in [9.17, 15) is 10.1 Å². The van der Waals surface area contributed by atoms with Gasteiger partial charge in [-0.3, -0.25) is 14.7 Å². The minimum Gasteiger partial charge on any atom is -0.275 e. The first-order valence-electron chi connectivity index (χ1n) is 8.76. The average molecular weight is 493 g/mol. The molecule has 0 spiro atoms. The fourth-order valence-corrected chi connectivity index (χ4v) is 3.77. The molecule has 0 saturated heterocycles. The highest BCUT2D eigenvalue weighted by molar-refractivity contribution is 14.1. The Kier molecular flexibility index (Phi) is 4.20. The number of para-hydroxylation sites is 2. The second-order valence-corrected chi connectivity index (χ2v) is 7.66. The summed E-state index contributed by atoms with van der Waals surface area (Å²) in [7, 11) is 0. The van der Waals surface area contributed by atoms with Crippen LogP contribution in [0.4, 0.5) is 5.69 Å². The Hall–Kier alpha value is -3.40. The topological polar surface area (TPSA) is 86.7 Å². The van der Waals surface area contributed by atoms with Gasteiger partial charge in [0.1, 0.15) is 5.82 Å². The Morgan fingerprint density at radius 3 is 2.28 bits per heavy atom. The van der Waals surface area contributed by atoms with E-state index in [0.717, 1.165) is 25.9 Å². The second kappa shape index (κ2) is 6.89. The summed E-state index contributed by atoms with van der Waals surface area (Å²) in [6.07, 6.45) is 0. The molecule has 0 unspecified atom stereocenters. The molecule has 0 aliphatic rings. The monoisotopic (exact) mass is 493 g/mol. The lowest BCUT2D eigenvalue weighted by molar-refractivity contribution is -0.384. The Morgan fingerprint density at radius 1 is 0.862 bits per heavy atom. The van der Waals surface area contributed by atoms with E-state index in [1.807, 2.05) is 53.1 Å². The van der Waals surface area contributed by atoms with Gasteiger partial charge in [-0.1, -0.05) is 18.2 Å². The molecule has 140 valence electrons. The van der Waals surface area contributed by atoms with Gasteiger partial charge in [-0.05, 0) is 65.1 Å². The number of nitrogens with zero attached hydrogens (tertiary/aromatic N) is 5. The Balaban J connectivity index is 1.83. The molecule has 0 aliphatic heterocycles. The van der Waals surface area contributed by atoms with Gasteiger partial charge in [-0.2, -0.15) is 0 Å². The molecule has 0 amide bonds. The molecule has 7 nitrogen and oxygen atoms in total. The molecule has 2 aromatic heterocycles. The molecule has 0 saturated carbocycles. The van der Waals surface area contributed by atoms with Gasteiger partial charge in [0, 0.05) is 21.3 Å². The van der Waals surface area contributed by atoms with Gasteiger partial charge in [-0.25, -0.2) is 15.0 Å². The summed E-state index contributed by atoms with van der Waals surface area (Å²) in [6, 6.07) is 22.0. The van der Waals surface area contributed by atoms with Gasteiger partial charge in [0.05, 0.1) is 21.6 Å². The summed E-state index contributed by atoms with van der Waals surface area (Å²) in [5, 5.41) is 11.0. The molecule has 0 radical (unpaired) electrons. The number of nitro benzene ring substituents is 1. The third kappa shape index (κ3) is 3.11. The van der Waals surface area contributed by atoms with Crippen LogP contribution in [0.2, 0.25) is 0 Å². The molecule has 0 aliphatic carbocycles. The zero-order chi connectivity index (χ0) is 20.0. The minimum absolute atomic E-state index is 0.0349. The number of benzene rings is 3. The zero-order valence-electron chi connectivity index (χ0n) is 14.9. The van der Waals surface area contributed by atoms with E-state index >= 15 is 0 Å². The van der Waals surface area contributed by atoms with Gasteiger partial charge in [-0.15, -0.1) is 0 Å². The fourth-order valence-electron chi connectivity index (χ4n) is 3.24. The molecule has 0 fully saturated rings. The summed E-state index contributed by atoms with van der Waals surface area (Å²) >= 11 is 2.26. The van der Waals surface area contributed by atoms with Crippen molar-refractivity contribution in [1.29, 1.82) is 0 Å². The Bertz CT molecular complexity index is 1400.